The first-order valence-electron chi connectivity index (χ1n) is 8.71. The number of methoxy groups -OCH3 is 1. The van der Waals surface area contributed by atoms with Gasteiger partial charge >= 0.3 is 0 Å². The van der Waals surface area contributed by atoms with Crippen molar-refractivity contribution in [1.82, 2.24) is 10.3 Å². The van der Waals surface area contributed by atoms with E-state index in [1.54, 1.807) is 13.2 Å². The van der Waals surface area contributed by atoms with Crippen LogP contribution in [0, 0.1) is 6.92 Å². The summed E-state index contributed by atoms with van der Waals surface area (Å²) >= 11 is 0. The number of fused-ring (bicyclic) bond motifs is 1. The molecule has 1 amide bonds. The molecule has 27 heavy (non-hydrogen) atoms. The first-order valence-corrected chi connectivity index (χ1v) is 8.71. The minimum Gasteiger partial charge on any atom is -0.497 e. The molecule has 0 aliphatic heterocycles. The zero-order valence-corrected chi connectivity index (χ0v) is 15.4. The molecule has 0 fully saturated rings. The summed E-state index contributed by atoms with van der Waals surface area (Å²) in [6.07, 6.45) is 0.438. The number of amides is 1. The van der Waals surface area contributed by atoms with Gasteiger partial charge in [-0.25, -0.2) is 0 Å². The Morgan fingerprint density at radius 2 is 1.81 bits per heavy atom. The lowest BCUT2D eigenvalue weighted by Gasteiger charge is -2.08. The Morgan fingerprint density at radius 3 is 2.56 bits per heavy atom. The van der Waals surface area contributed by atoms with Crippen molar-refractivity contribution in [2.45, 2.75) is 13.3 Å². The molecule has 0 radical (unpaired) electrons. The van der Waals surface area contributed by atoms with E-state index in [-0.39, 0.29) is 18.1 Å². The number of benzene rings is 2. The number of rotatable bonds is 7. The summed E-state index contributed by atoms with van der Waals surface area (Å²) in [5.41, 5.74) is 2.30. The number of hydrogen-bond acceptors (Lipinski definition) is 4. The van der Waals surface area contributed by atoms with Crippen molar-refractivity contribution >= 4 is 16.8 Å². The van der Waals surface area contributed by atoms with Crippen molar-refractivity contribution in [2.24, 2.45) is 0 Å². The lowest BCUT2D eigenvalue weighted by Crippen LogP contribution is -2.31. The predicted octanol–water partition coefficient (Wildman–Crippen LogP) is 2.58. The van der Waals surface area contributed by atoms with Crippen molar-refractivity contribution in [1.29, 1.82) is 0 Å². The molecule has 0 unspecified atom stereocenters. The lowest BCUT2D eigenvalue weighted by atomic mass is 10.1. The van der Waals surface area contributed by atoms with Crippen molar-refractivity contribution < 1.29 is 14.3 Å². The van der Waals surface area contributed by atoms with Gasteiger partial charge in [-0.2, -0.15) is 0 Å². The maximum absolute atomic E-state index is 12.2. The maximum atomic E-state index is 12.2. The number of nitrogens with one attached hydrogen (secondary N) is 2. The number of carbonyl (C=O) groups is 1. The first kappa shape index (κ1) is 18.5. The van der Waals surface area contributed by atoms with Gasteiger partial charge in [0.15, 0.2) is 6.61 Å². The summed E-state index contributed by atoms with van der Waals surface area (Å²) in [4.78, 5) is 27.0. The van der Waals surface area contributed by atoms with E-state index in [4.69, 9.17) is 9.47 Å². The molecule has 2 N–H and O–H groups in total. The molecule has 0 bridgehead atoms. The van der Waals surface area contributed by atoms with Gasteiger partial charge in [0.1, 0.15) is 11.5 Å². The van der Waals surface area contributed by atoms with Crippen LogP contribution in [0.5, 0.6) is 11.5 Å². The minimum atomic E-state index is -0.225. The number of carbonyl (C=O) groups excluding carboxylic acids is 1. The number of H-pyrrole nitrogens is 1. The van der Waals surface area contributed by atoms with Gasteiger partial charge in [0.2, 0.25) is 0 Å². The topological polar surface area (TPSA) is 80.4 Å². The third kappa shape index (κ3) is 4.88. The minimum absolute atomic E-state index is 0.0586. The van der Waals surface area contributed by atoms with Crippen molar-refractivity contribution in [3.8, 4) is 11.5 Å². The molecule has 0 aliphatic carbocycles. The molecule has 0 saturated heterocycles. The highest BCUT2D eigenvalue weighted by molar-refractivity contribution is 5.80. The first-order chi connectivity index (χ1) is 13.0. The molecule has 1 aromatic heterocycles. The van der Waals surface area contributed by atoms with Crippen molar-refractivity contribution in [3.63, 3.8) is 0 Å². The second kappa shape index (κ2) is 8.40. The van der Waals surface area contributed by atoms with Gasteiger partial charge in [-0.05, 0) is 49.1 Å². The summed E-state index contributed by atoms with van der Waals surface area (Å²) in [7, 11) is 1.58. The van der Waals surface area contributed by atoms with E-state index in [2.05, 4.69) is 10.3 Å². The van der Waals surface area contributed by atoms with Gasteiger partial charge < -0.3 is 19.8 Å². The Labute approximate surface area is 157 Å². The van der Waals surface area contributed by atoms with E-state index in [9.17, 15) is 9.59 Å². The van der Waals surface area contributed by atoms with E-state index < -0.39 is 0 Å². The molecule has 6 heteroatoms. The van der Waals surface area contributed by atoms with Gasteiger partial charge in [-0.3, -0.25) is 9.59 Å². The zero-order chi connectivity index (χ0) is 19.2. The molecule has 0 saturated carbocycles. The molecule has 2 aromatic carbocycles. The summed E-state index contributed by atoms with van der Waals surface area (Å²) in [6.45, 7) is 2.29. The number of ether oxygens (including phenoxy) is 2. The Kier molecular flexibility index (Phi) is 5.76. The van der Waals surface area contributed by atoms with E-state index >= 15 is 0 Å². The number of hydrogen-bond donors (Lipinski definition) is 2. The van der Waals surface area contributed by atoms with Crippen LogP contribution >= 0.6 is 0 Å². The fourth-order valence-electron chi connectivity index (χ4n) is 2.71. The summed E-state index contributed by atoms with van der Waals surface area (Å²) in [5.74, 6) is 1.11. The highest BCUT2D eigenvalue weighted by Gasteiger charge is 2.06. The Hall–Kier alpha value is -3.28. The van der Waals surface area contributed by atoms with Crippen molar-refractivity contribution in [2.75, 3.05) is 20.3 Å². The highest BCUT2D eigenvalue weighted by atomic mass is 16.5. The van der Waals surface area contributed by atoms with E-state index in [0.29, 0.717) is 30.0 Å². The maximum Gasteiger partial charge on any atom is 0.257 e. The van der Waals surface area contributed by atoms with Gasteiger partial charge in [-0.15, -0.1) is 0 Å². The van der Waals surface area contributed by atoms with Crippen LogP contribution in [-0.4, -0.2) is 31.2 Å². The standard InChI is InChI=1S/C21H22N2O4/c1-14-3-6-17(7-4-14)27-13-20(24)22-10-9-16-11-15-5-8-18(26-2)12-19(15)23-21(16)25/h3-8,11-12H,9-10,13H2,1-2H3,(H,22,24)(H,23,25). The second-order valence-corrected chi connectivity index (χ2v) is 6.28. The van der Waals surface area contributed by atoms with Crippen LogP contribution in [0.4, 0.5) is 0 Å². The Morgan fingerprint density at radius 1 is 1.07 bits per heavy atom. The van der Waals surface area contributed by atoms with E-state index in [0.717, 1.165) is 16.5 Å². The molecule has 140 valence electrons. The van der Waals surface area contributed by atoms with Crippen LogP contribution in [0.2, 0.25) is 0 Å². The molecule has 6 nitrogen and oxygen atoms in total. The zero-order valence-electron chi connectivity index (χ0n) is 15.4. The van der Waals surface area contributed by atoms with E-state index in [1.807, 2.05) is 49.4 Å². The number of aromatic amines is 1. The predicted molar refractivity (Wildman–Crippen MR) is 105 cm³/mol. The fourth-order valence-corrected chi connectivity index (χ4v) is 2.71. The normalized spacial score (nSPS) is 10.6. The van der Waals surface area contributed by atoms with Crippen molar-refractivity contribution in [3.05, 3.63) is 70.0 Å². The lowest BCUT2D eigenvalue weighted by molar-refractivity contribution is -0.123. The molecule has 3 aromatic rings. The smallest absolute Gasteiger partial charge is 0.257 e. The molecule has 3 rings (SSSR count). The van der Waals surface area contributed by atoms with Gasteiger partial charge in [0.25, 0.3) is 11.5 Å². The average Bonchev–Trinajstić information content (AvgIpc) is 2.67. The van der Waals surface area contributed by atoms with Gasteiger partial charge in [0, 0.05) is 18.2 Å². The molecule has 0 atom stereocenters. The summed E-state index contributed by atoms with van der Waals surface area (Å²) in [6, 6.07) is 14.9. The van der Waals surface area contributed by atoms with E-state index in [1.165, 1.54) is 0 Å². The molecular weight excluding hydrogens is 344 g/mol. The SMILES string of the molecule is COc1ccc2cc(CCNC(=O)COc3ccc(C)cc3)c(=O)[nH]c2c1. The van der Waals surface area contributed by atoms with Crippen LogP contribution in [-0.2, 0) is 11.2 Å². The molecule has 1 heterocycles. The third-order valence-corrected chi connectivity index (χ3v) is 4.24. The second-order valence-electron chi connectivity index (χ2n) is 6.28. The summed E-state index contributed by atoms with van der Waals surface area (Å²) in [5, 5.41) is 3.69. The van der Waals surface area contributed by atoms with Crippen LogP contribution < -0.4 is 20.3 Å². The van der Waals surface area contributed by atoms with Crippen LogP contribution in [0.1, 0.15) is 11.1 Å². The number of pyridine rings is 1. The molecular formula is C21H22N2O4. The van der Waals surface area contributed by atoms with Crippen LogP contribution in [0.15, 0.2) is 53.3 Å². The monoisotopic (exact) mass is 366 g/mol. The average molecular weight is 366 g/mol. The Bertz CT molecular complexity index is 993. The molecule has 0 aliphatic rings. The largest absolute Gasteiger partial charge is 0.497 e. The molecule has 0 spiro atoms. The number of aromatic nitrogens is 1. The van der Waals surface area contributed by atoms with Gasteiger partial charge in [0.05, 0.1) is 12.6 Å². The highest BCUT2D eigenvalue weighted by Crippen LogP contribution is 2.18. The van der Waals surface area contributed by atoms with Crippen LogP contribution in [0.25, 0.3) is 10.9 Å². The van der Waals surface area contributed by atoms with Crippen LogP contribution in [0.3, 0.4) is 0 Å². The Balaban J connectivity index is 1.53. The third-order valence-electron chi connectivity index (χ3n) is 4.24. The summed E-state index contributed by atoms with van der Waals surface area (Å²) < 4.78 is 10.6. The van der Waals surface area contributed by atoms with Gasteiger partial charge in [-0.1, -0.05) is 17.7 Å². The fraction of sp³-hybridized carbons (Fsp3) is 0.238. The number of aryl methyl sites for hydroxylation is 1. The quantitative estimate of drug-likeness (QED) is 0.673.